The van der Waals surface area contributed by atoms with Gasteiger partial charge in [0.15, 0.2) is 0 Å². The van der Waals surface area contributed by atoms with Gasteiger partial charge in [0, 0.05) is 18.8 Å². The second-order valence-electron chi connectivity index (χ2n) is 5.11. The highest BCUT2D eigenvalue weighted by atomic mass is 16.5. The van der Waals surface area contributed by atoms with E-state index in [2.05, 4.69) is 55.1 Å². The van der Waals surface area contributed by atoms with E-state index in [0.717, 1.165) is 25.3 Å². The molecule has 0 amide bonds. The lowest BCUT2D eigenvalue weighted by molar-refractivity contribution is 0.414. The third kappa shape index (κ3) is 3.77. The van der Waals surface area contributed by atoms with E-state index in [0.29, 0.717) is 0 Å². The second kappa shape index (κ2) is 6.99. The van der Waals surface area contributed by atoms with E-state index >= 15 is 0 Å². The van der Waals surface area contributed by atoms with Gasteiger partial charge >= 0.3 is 0 Å². The fourth-order valence-electron chi connectivity index (χ4n) is 2.28. The summed E-state index contributed by atoms with van der Waals surface area (Å²) < 4.78 is 5.21. The van der Waals surface area contributed by atoms with Crippen molar-refractivity contribution in [3.8, 4) is 5.75 Å². The zero-order valence-electron chi connectivity index (χ0n) is 12.6. The van der Waals surface area contributed by atoms with E-state index in [4.69, 9.17) is 4.74 Å². The number of hydrogen-bond donors (Lipinski definition) is 0. The first-order valence-electron chi connectivity index (χ1n) is 7.17. The Bertz CT molecular complexity index is 516. The molecule has 0 aromatic heterocycles. The highest BCUT2D eigenvalue weighted by Crippen LogP contribution is 2.19. The van der Waals surface area contributed by atoms with Gasteiger partial charge in [-0.2, -0.15) is 0 Å². The Morgan fingerprint density at radius 2 is 1.60 bits per heavy atom. The summed E-state index contributed by atoms with van der Waals surface area (Å²) in [5.74, 6) is 0.908. The molecule has 106 valence electrons. The minimum absolute atomic E-state index is 0.908. The monoisotopic (exact) mass is 269 g/mol. The fourth-order valence-corrected chi connectivity index (χ4v) is 2.28. The Labute approximate surface area is 122 Å². The highest BCUT2D eigenvalue weighted by molar-refractivity contribution is 5.48. The number of methoxy groups -OCH3 is 1. The predicted molar refractivity (Wildman–Crippen MR) is 85.5 cm³/mol. The summed E-state index contributed by atoms with van der Waals surface area (Å²) in [4.78, 5) is 2.42. The third-order valence-electron chi connectivity index (χ3n) is 3.43. The van der Waals surface area contributed by atoms with Crippen LogP contribution in [0.15, 0.2) is 48.5 Å². The second-order valence-corrected chi connectivity index (χ2v) is 5.11. The maximum absolute atomic E-state index is 5.21. The number of nitrogens with zero attached hydrogens (tertiary/aromatic N) is 1. The summed E-state index contributed by atoms with van der Waals surface area (Å²) in [5.41, 5.74) is 3.89. The van der Waals surface area contributed by atoms with E-state index in [1.54, 1.807) is 7.11 Å². The molecule has 2 rings (SSSR count). The van der Waals surface area contributed by atoms with Crippen LogP contribution in [0.4, 0.5) is 5.69 Å². The molecule has 0 aliphatic heterocycles. The topological polar surface area (TPSA) is 12.5 Å². The molecule has 0 spiro atoms. The molecular weight excluding hydrogens is 246 g/mol. The normalized spacial score (nSPS) is 10.3. The Kier molecular flexibility index (Phi) is 5.05. The molecule has 0 bridgehead atoms. The van der Waals surface area contributed by atoms with Crippen LogP contribution in [-0.2, 0) is 6.54 Å². The van der Waals surface area contributed by atoms with Crippen LogP contribution < -0.4 is 9.64 Å². The van der Waals surface area contributed by atoms with Crippen LogP contribution >= 0.6 is 0 Å². The summed E-state index contributed by atoms with van der Waals surface area (Å²) in [6.45, 7) is 6.34. The van der Waals surface area contributed by atoms with Crippen LogP contribution in [0.25, 0.3) is 0 Å². The average molecular weight is 269 g/mol. The number of hydrogen-bond acceptors (Lipinski definition) is 2. The Morgan fingerprint density at radius 1 is 0.950 bits per heavy atom. The van der Waals surface area contributed by atoms with Crippen molar-refractivity contribution in [2.75, 3.05) is 18.6 Å². The molecule has 0 unspecified atom stereocenters. The van der Waals surface area contributed by atoms with Crippen LogP contribution in [0.3, 0.4) is 0 Å². The first-order chi connectivity index (χ1) is 9.72. The molecule has 0 atom stereocenters. The predicted octanol–water partition coefficient (Wildman–Crippen LogP) is 4.42. The standard InChI is InChI=1S/C18H23NO/c1-4-13-19(17-9-5-15(2)6-10-17)14-16-7-11-18(20-3)12-8-16/h5-12H,4,13-14H2,1-3H3. The van der Waals surface area contributed by atoms with Gasteiger partial charge in [0.2, 0.25) is 0 Å². The number of benzene rings is 2. The summed E-state index contributed by atoms with van der Waals surface area (Å²) in [6, 6.07) is 17.1. The molecule has 2 nitrogen and oxygen atoms in total. The molecule has 0 radical (unpaired) electrons. The molecule has 2 aromatic rings. The minimum atomic E-state index is 0.908. The Balaban J connectivity index is 2.13. The molecule has 20 heavy (non-hydrogen) atoms. The minimum Gasteiger partial charge on any atom is -0.497 e. The maximum Gasteiger partial charge on any atom is 0.118 e. The number of anilines is 1. The smallest absolute Gasteiger partial charge is 0.118 e. The van der Waals surface area contributed by atoms with E-state index in [1.807, 2.05) is 12.1 Å². The first-order valence-corrected chi connectivity index (χ1v) is 7.17. The van der Waals surface area contributed by atoms with Crippen molar-refractivity contribution in [2.24, 2.45) is 0 Å². The summed E-state index contributed by atoms with van der Waals surface area (Å²) in [5, 5.41) is 0. The lowest BCUT2D eigenvalue weighted by Gasteiger charge is -2.24. The molecule has 0 aliphatic carbocycles. The quantitative estimate of drug-likeness (QED) is 0.769. The van der Waals surface area contributed by atoms with Crippen LogP contribution in [0.2, 0.25) is 0 Å². The van der Waals surface area contributed by atoms with Gasteiger partial charge in [-0.05, 0) is 43.2 Å². The van der Waals surface area contributed by atoms with Crippen molar-refractivity contribution in [2.45, 2.75) is 26.8 Å². The van der Waals surface area contributed by atoms with E-state index in [-0.39, 0.29) is 0 Å². The summed E-state index contributed by atoms with van der Waals surface area (Å²) in [7, 11) is 1.70. The van der Waals surface area contributed by atoms with E-state index in [9.17, 15) is 0 Å². The first kappa shape index (κ1) is 14.4. The molecule has 0 fully saturated rings. The fraction of sp³-hybridized carbons (Fsp3) is 0.333. The van der Waals surface area contributed by atoms with Crippen molar-refractivity contribution in [3.63, 3.8) is 0 Å². The molecule has 0 saturated heterocycles. The van der Waals surface area contributed by atoms with Gasteiger partial charge in [-0.15, -0.1) is 0 Å². The largest absolute Gasteiger partial charge is 0.497 e. The van der Waals surface area contributed by atoms with Crippen molar-refractivity contribution >= 4 is 5.69 Å². The van der Waals surface area contributed by atoms with Gasteiger partial charge in [-0.3, -0.25) is 0 Å². The molecule has 2 aromatic carbocycles. The highest BCUT2D eigenvalue weighted by Gasteiger charge is 2.06. The lowest BCUT2D eigenvalue weighted by Crippen LogP contribution is -2.23. The van der Waals surface area contributed by atoms with Gasteiger partial charge in [-0.1, -0.05) is 36.8 Å². The molecule has 2 heteroatoms. The van der Waals surface area contributed by atoms with Gasteiger partial charge in [0.1, 0.15) is 5.75 Å². The SMILES string of the molecule is CCCN(Cc1ccc(OC)cc1)c1ccc(C)cc1. The lowest BCUT2D eigenvalue weighted by atomic mass is 10.1. The van der Waals surface area contributed by atoms with Crippen molar-refractivity contribution in [1.82, 2.24) is 0 Å². The third-order valence-corrected chi connectivity index (χ3v) is 3.43. The van der Waals surface area contributed by atoms with E-state index < -0.39 is 0 Å². The number of aryl methyl sites for hydroxylation is 1. The van der Waals surface area contributed by atoms with Crippen LogP contribution in [0, 0.1) is 6.92 Å². The van der Waals surface area contributed by atoms with Crippen molar-refractivity contribution in [3.05, 3.63) is 59.7 Å². The molecule has 0 aliphatic rings. The molecular formula is C18H23NO. The van der Waals surface area contributed by atoms with Crippen LogP contribution in [0.5, 0.6) is 5.75 Å². The maximum atomic E-state index is 5.21. The van der Waals surface area contributed by atoms with E-state index in [1.165, 1.54) is 16.8 Å². The van der Waals surface area contributed by atoms with Crippen molar-refractivity contribution < 1.29 is 4.74 Å². The Morgan fingerprint density at radius 3 is 2.15 bits per heavy atom. The zero-order chi connectivity index (χ0) is 14.4. The number of rotatable bonds is 6. The van der Waals surface area contributed by atoms with Gasteiger partial charge in [0.05, 0.1) is 7.11 Å². The van der Waals surface area contributed by atoms with Gasteiger partial charge in [0.25, 0.3) is 0 Å². The summed E-state index contributed by atoms with van der Waals surface area (Å²) in [6.07, 6.45) is 1.14. The van der Waals surface area contributed by atoms with Gasteiger partial charge in [-0.25, -0.2) is 0 Å². The Hall–Kier alpha value is -1.96. The zero-order valence-corrected chi connectivity index (χ0v) is 12.6. The van der Waals surface area contributed by atoms with Crippen molar-refractivity contribution in [1.29, 1.82) is 0 Å². The van der Waals surface area contributed by atoms with Crippen LogP contribution in [0.1, 0.15) is 24.5 Å². The average Bonchev–Trinajstić information content (AvgIpc) is 2.48. The molecule has 0 saturated carbocycles. The molecule has 0 N–H and O–H groups in total. The number of ether oxygens (including phenoxy) is 1. The van der Waals surface area contributed by atoms with Crippen LogP contribution in [-0.4, -0.2) is 13.7 Å². The summed E-state index contributed by atoms with van der Waals surface area (Å²) >= 11 is 0. The van der Waals surface area contributed by atoms with Gasteiger partial charge < -0.3 is 9.64 Å². The molecule has 0 heterocycles.